The minimum atomic E-state index is -0.189. The molecule has 3 rings (SSSR count). The Bertz CT molecular complexity index is 947. The zero-order chi connectivity index (χ0) is 19.9. The lowest BCUT2D eigenvalue weighted by Gasteiger charge is -2.10. The summed E-state index contributed by atoms with van der Waals surface area (Å²) in [5.74, 6) is 0.792. The summed E-state index contributed by atoms with van der Waals surface area (Å²) in [5, 5.41) is 21.8. The van der Waals surface area contributed by atoms with E-state index in [0.717, 1.165) is 5.56 Å². The summed E-state index contributed by atoms with van der Waals surface area (Å²) >= 11 is 7.35. The zero-order valence-electron chi connectivity index (χ0n) is 15.1. The van der Waals surface area contributed by atoms with Gasteiger partial charge in [0.1, 0.15) is 5.75 Å². The van der Waals surface area contributed by atoms with E-state index in [9.17, 15) is 9.90 Å². The van der Waals surface area contributed by atoms with Crippen molar-refractivity contribution in [2.45, 2.75) is 11.7 Å². The Labute approximate surface area is 171 Å². The van der Waals surface area contributed by atoms with E-state index in [1.54, 1.807) is 55.6 Å². The molecule has 0 aliphatic carbocycles. The first kappa shape index (κ1) is 20.2. The lowest BCUT2D eigenvalue weighted by Crippen LogP contribution is -2.15. The number of methoxy groups -OCH3 is 1. The second kappa shape index (κ2) is 9.59. The van der Waals surface area contributed by atoms with Gasteiger partial charge in [-0.1, -0.05) is 35.5 Å². The molecule has 146 valence electrons. The number of nitrogens with zero attached hydrogens (tertiary/aromatic N) is 3. The van der Waals surface area contributed by atoms with Gasteiger partial charge in [0.2, 0.25) is 5.91 Å². The van der Waals surface area contributed by atoms with Gasteiger partial charge in [0, 0.05) is 12.7 Å². The van der Waals surface area contributed by atoms with Gasteiger partial charge < -0.3 is 15.2 Å². The Kier molecular flexibility index (Phi) is 6.91. The minimum absolute atomic E-state index is 0.159. The van der Waals surface area contributed by atoms with E-state index in [0.29, 0.717) is 34.8 Å². The van der Waals surface area contributed by atoms with Crippen molar-refractivity contribution in [1.29, 1.82) is 0 Å². The molecule has 0 aliphatic heterocycles. The molecule has 0 saturated carbocycles. The fourth-order valence-electron chi connectivity index (χ4n) is 2.48. The molecule has 9 heteroatoms. The normalized spacial score (nSPS) is 10.8. The number of ether oxygens (including phenoxy) is 1. The summed E-state index contributed by atoms with van der Waals surface area (Å²) in [6.45, 7) is 1.01. The number of phenols is 1. The van der Waals surface area contributed by atoms with Crippen LogP contribution in [0, 0.1) is 0 Å². The third-order valence-corrected chi connectivity index (χ3v) is 5.14. The van der Waals surface area contributed by atoms with Gasteiger partial charge >= 0.3 is 0 Å². The molecular formula is C19H19ClN4O3S. The van der Waals surface area contributed by atoms with Crippen molar-refractivity contribution < 1.29 is 14.6 Å². The minimum Gasteiger partial charge on any atom is -0.508 e. The number of hydrogen-bond donors (Lipinski definition) is 2. The standard InChI is InChI=1S/C19H19ClN4O3S/c1-27-11-10-24-18(13-6-8-14(25)9-7-13)22-23-19(24)28-12-17(26)21-16-5-3-2-4-15(16)20/h2-9,25H,10-12H2,1H3,(H,21,26). The van der Waals surface area contributed by atoms with Crippen LogP contribution in [0.1, 0.15) is 0 Å². The van der Waals surface area contributed by atoms with Crippen molar-refractivity contribution >= 4 is 35.0 Å². The molecule has 2 aromatic carbocycles. The van der Waals surface area contributed by atoms with Gasteiger partial charge in [-0.3, -0.25) is 9.36 Å². The van der Waals surface area contributed by atoms with Gasteiger partial charge in [0.15, 0.2) is 11.0 Å². The Morgan fingerprint density at radius 3 is 2.68 bits per heavy atom. The van der Waals surface area contributed by atoms with Gasteiger partial charge in [-0.05, 0) is 36.4 Å². The van der Waals surface area contributed by atoms with Gasteiger partial charge in [-0.25, -0.2) is 0 Å². The largest absolute Gasteiger partial charge is 0.508 e. The van der Waals surface area contributed by atoms with E-state index in [-0.39, 0.29) is 17.4 Å². The molecule has 2 N–H and O–H groups in total. The molecule has 0 atom stereocenters. The lowest BCUT2D eigenvalue weighted by molar-refractivity contribution is -0.113. The van der Waals surface area contributed by atoms with Crippen LogP contribution in [-0.2, 0) is 16.1 Å². The number of carbonyl (C=O) groups is 1. The second-order valence-corrected chi connectivity index (χ2v) is 7.16. The number of phenolic OH excluding ortho intramolecular Hbond substituents is 1. The molecule has 0 spiro atoms. The predicted molar refractivity (Wildman–Crippen MR) is 110 cm³/mol. The second-order valence-electron chi connectivity index (χ2n) is 5.81. The fraction of sp³-hybridized carbons (Fsp3) is 0.211. The average Bonchev–Trinajstić information content (AvgIpc) is 3.10. The van der Waals surface area contributed by atoms with Crippen molar-refractivity contribution in [3.8, 4) is 17.1 Å². The number of halogens is 1. The quantitative estimate of drug-likeness (QED) is 0.542. The van der Waals surface area contributed by atoms with E-state index in [1.807, 2.05) is 4.57 Å². The molecule has 0 fully saturated rings. The van der Waals surface area contributed by atoms with Crippen LogP contribution in [0.4, 0.5) is 5.69 Å². The summed E-state index contributed by atoms with van der Waals surface area (Å²) in [5.41, 5.74) is 1.38. The van der Waals surface area contributed by atoms with Gasteiger partial charge in [0.05, 0.1) is 29.6 Å². The summed E-state index contributed by atoms with van der Waals surface area (Å²) in [6, 6.07) is 13.8. The fourth-order valence-corrected chi connectivity index (χ4v) is 3.43. The number of nitrogens with one attached hydrogen (secondary N) is 1. The third-order valence-electron chi connectivity index (χ3n) is 3.84. The molecule has 0 bridgehead atoms. The molecule has 0 radical (unpaired) electrons. The molecule has 1 aromatic heterocycles. The van der Waals surface area contributed by atoms with Gasteiger partial charge in [-0.2, -0.15) is 0 Å². The Morgan fingerprint density at radius 2 is 1.96 bits per heavy atom. The number of aromatic nitrogens is 3. The highest BCUT2D eigenvalue weighted by molar-refractivity contribution is 7.99. The summed E-state index contributed by atoms with van der Waals surface area (Å²) in [7, 11) is 1.62. The molecule has 1 heterocycles. The molecule has 0 unspecified atom stereocenters. The summed E-state index contributed by atoms with van der Waals surface area (Å²) in [6.07, 6.45) is 0. The van der Waals surface area contributed by atoms with Crippen molar-refractivity contribution in [3.05, 3.63) is 53.6 Å². The van der Waals surface area contributed by atoms with Crippen molar-refractivity contribution in [2.75, 3.05) is 24.8 Å². The number of para-hydroxylation sites is 1. The number of aromatic hydroxyl groups is 1. The number of hydrogen-bond acceptors (Lipinski definition) is 6. The van der Waals surface area contributed by atoms with Crippen molar-refractivity contribution in [2.24, 2.45) is 0 Å². The molecule has 0 saturated heterocycles. The van der Waals surface area contributed by atoms with E-state index in [2.05, 4.69) is 15.5 Å². The van der Waals surface area contributed by atoms with Gasteiger partial charge in [-0.15, -0.1) is 10.2 Å². The first-order valence-electron chi connectivity index (χ1n) is 8.47. The molecule has 28 heavy (non-hydrogen) atoms. The van der Waals surface area contributed by atoms with Crippen LogP contribution >= 0.6 is 23.4 Å². The topological polar surface area (TPSA) is 89.3 Å². The number of amides is 1. The van der Waals surface area contributed by atoms with Crippen LogP contribution in [0.2, 0.25) is 5.02 Å². The van der Waals surface area contributed by atoms with Crippen molar-refractivity contribution in [3.63, 3.8) is 0 Å². The van der Waals surface area contributed by atoms with Crippen LogP contribution in [0.25, 0.3) is 11.4 Å². The van der Waals surface area contributed by atoms with E-state index in [1.165, 1.54) is 11.8 Å². The van der Waals surface area contributed by atoms with Crippen LogP contribution in [0.5, 0.6) is 5.75 Å². The van der Waals surface area contributed by atoms with Crippen molar-refractivity contribution in [1.82, 2.24) is 14.8 Å². The molecule has 3 aromatic rings. The van der Waals surface area contributed by atoms with E-state index in [4.69, 9.17) is 16.3 Å². The maximum atomic E-state index is 12.3. The maximum Gasteiger partial charge on any atom is 0.234 e. The monoisotopic (exact) mass is 418 g/mol. The SMILES string of the molecule is COCCn1c(SCC(=O)Nc2ccccc2Cl)nnc1-c1ccc(O)cc1. The first-order chi connectivity index (χ1) is 13.6. The number of benzene rings is 2. The zero-order valence-corrected chi connectivity index (χ0v) is 16.7. The first-order valence-corrected chi connectivity index (χ1v) is 9.83. The Hall–Kier alpha value is -2.55. The van der Waals surface area contributed by atoms with Crippen LogP contribution in [0.15, 0.2) is 53.7 Å². The predicted octanol–water partition coefficient (Wildman–Crippen LogP) is 3.68. The number of thioether (sulfide) groups is 1. The maximum absolute atomic E-state index is 12.3. The third kappa shape index (κ3) is 5.03. The van der Waals surface area contributed by atoms with Crippen LogP contribution < -0.4 is 5.32 Å². The number of rotatable bonds is 8. The highest BCUT2D eigenvalue weighted by Gasteiger charge is 2.16. The number of carbonyl (C=O) groups excluding carboxylic acids is 1. The van der Waals surface area contributed by atoms with Crippen LogP contribution in [-0.4, -0.2) is 45.2 Å². The Balaban J connectivity index is 1.73. The summed E-state index contributed by atoms with van der Waals surface area (Å²) in [4.78, 5) is 12.3. The summed E-state index contributed by atoms with van der Waals surface area (Å²) < 4.78 is 7.07. The molecule has 0 aliphatic rings. The average molecular weight is 419 g/mol. The van der Waals surface area contributed by atoms with Crippen LogP contribution in [0.3, 0.4) is 0 Å². The smallest absolute Gasteiger partial charge is 0.234 e. The van der Waals surface area contributed by atoms with E-state index >= 15 is 0 Å². The Morgan fingerprint density at radius 1 is 1.21 bits per heavy atom. The lowest BCUT2D eigenvalue weighted by atomic mass is 10.2. The molecular weight excluding hydrogens is 400 g/mol. The van der Waals surface area contributed by atoms with Gasteiger partial charge in [0.25, 0.3) is 0 Å². The molecule has 7 nitrogen and oxygen atoms in total. The molecule has 1 amide bonds. The van der Waals surface area contributed by atoms with E-state index < -0.39 is 0 Å². The number of anilines is 1. The highest BCUT2D eigenvalue weighted by atomic mass is 35.5. The highest BCUT2D eigenvalue weighted by Crippen LogP contribution is 2.26.